The first-order valence-corrected chi connectivity index (χ1v) is 8.36. The normalized spacial score (nSPS) is 12.4. The second kappa shape index (κ2) is 7.39. The second-order valence-electron chi connectivity index (χ2n) is 6.74. The minimum absolute atomic E-state index is 0.149. The van der Waals surface area contributed by atoms with E-state index in [0.29, 0.717) is 0 Å². The fourth-order valence-corrected chi connectivity index (χ4v) is 3.27. The van der Waals surface area contributed by atoms with Crippen molar-refractivity contribution in [2.75, 3.05) is 6.54 Å². The highest BCUT2D eigenvalue weighted by molar-refractivity contribution is 7.11. The van der Waals surface area contributed by atoms with Gasteiger partial charge in [-0.3, -0.25) is 0 Å². The predicted molar refractivity (Wildman–Crippen MR) is 86.0 cm³/mol. The summed E-state index contributed by atoms with van der Waals surface area (Å²) < 4.78 is 0. The van der Waals surface area contributed by atoms with Gasteiger partial charge >= 0.3 is 0 Å². The Labute approximate surface area is 123 Å². The average molecular weight is 282 g/mol. The van der Waals surface area contributed by atoms with Crippen molar-refractivity contribution in [1.29, 1.82) is 0 Å². The van der Waals surface area contributed by atoms with Gasteiger partial charge in [-0.05, 0) is 31.7 Å². The smallest absolute Gasteiger partial charge is 0.0931 e. The lowest BCUT2D eigenvalue weighted by Crippen LogP contribution is -2.19. The number of nitrogens with one attached hydrogen (secondary N) is 1. The topological polar surface area (TPSA) is 24.9 Å². The lowest BCUT2D eigenvalue weighted by atomic mass is 9.91. The molecule has 0 bridgehead atoms. The quantitative estimate of drug-likeness (QED) is 0.743. The lowest BCUT2D eigenvalue weighted by molar-refractivity contribution is 0.551. The first kappa shape index (κ1) is 16.6. The van der Waals surface area contributed by atoms with E-state index in [1.54, 1.807) is 0 Å². The number of rotatable bonds is 7. The van der Waals surface area contributed by atoms with E-state index in [2.05, 4.69) is 46.9 Å². The summed E-state index contributed by atoms with van der Waals surface area (Å²) in [4.78, 5) is 6.34. The molecule has 0 radical (unpaired) electrons. The highest BCUT2D eigenvalue weighted by atomic mass is 32.1. The van der Waals surface area contributed by atoms with Crippen LogP contribution in [-0.2, 0) is 18.4 Å². The zero-order valence-electron chi connectivity index (χ0n) is 13.5. The molecule has 0 aliphatic rings. The summed E-state index contributed by atoms with van der Waals surface area (Å²) >= 11 is 1.91. The van der Waals surface area contributed by atoms with Crippen LogP contribution >= 0.6 is 11.3 Å². The number of hydrogen-bond acceptors (Lipinski definition) is 3. The van der Waals surface area contributed by atoms with Crippen molar-refractivity contribution in [3.8, 4) is 0 Å². The third kappa shape index (κ3) is 5.62. The van der Waals surface area contributed by atoms with Crippen molar-refractivity contribution in [3.63, 3.8) is 0 Å². The number of nitrogens with zero attached hydrogens (tertiary/aromatic N) is 1. The molecule has 2 nitrogen and oxygen atoms in total. The van der Waals surface area contributed by atoms with E-state index in [-0.39, 0.29) is 5.41 Å². The molecule has 1 heterocycles. The molecule has 1 rings (SSSR count). The summed E-state index contributed by atoms with van der Waals surface area (Å²) in [5, 5.41) is 4.82. The van der Waals surface area contributed by atoms with Crippen molar-refractivity contribution in [2.45, 2.75) is 72.8 Å². The monoisotopic (exact) mass is 282 g/mol. The zero-order valence-corrected chi connectivity index (χ0v) is 14.3. The van der Waals surface area contributed by atoms with Gasteiger partial charge in [-0.2, -0.15) is 0 Å². The largest absolute Gasteiger partial charge is 0.312 e. The van der Waals surface area contributed by atoms with Gasteiger partial charge in [0.25, 0.3) is 0 Å². The van der Waals surface area contributed by atoms with E-state index in [4.69, 9.17) is 4.98 Å². The van der Waals surface area contributed by atoms with Crippen LogP contribution < -0.4 is 5.32 Å². The Balaban J connectivity index is 2.80. The molecular weight excluding hydrogens is 252 g/mol. The average Bonchev–Trinajstić information content (AvgIpc) is 2.70. The highest BCUT2D eigenvalue weighted by Crippen LogP contribution is 2.30. The third-order valence-corrected chi connectivity index (χ3v) is 4.22. The van der Waals surface area contributed by atoms with Crippen LogP contribution in [0.1, 0.15) is 70.0 Å². The molecule has 0 atom stereocenters. The van der Waals surface area contributed by atoms with Crippen LogP contribution in [0.25, 0.3) is 0 Å². The van der Waals surface area contributed by atoms with E-state index in [1.807, 2.05) is 11.3 Å². The van der Waals surface area contributed by atoms with Gasteiger partial charge < -0.3 is 5.32 Å². The first-order valence-electron chi connectivity index (χ1n) is 7.54. The third-order valence-electron chi connectivity index (χ3n) is 3.10. The van der Waals surface area contributed by atoms with Crippen molar-refractivity contribution >= 4 is 11.3 Å². The predicted octanol–water partition coefficient (Wildman–Crippen LogP) is 4.53. The molecule has 0 spiro atoms. The van der Waals surface area contributed by atoms with Crippen molar-refractivity contribution in [3.05, 3.63) is 15.6 Å². The molecule has 0 aliphatic heterocycles. The van der Waals surface area contributed by atoms with E-state index < -0.39 is 0 Å². The maximum atomic E-state index is 4.91. The molecule has 0 fully saturated rings. The van der Waals surface area contributed by atoms with E-state index in [1.165, 1.54) is 28.4 Å². The molecule has 0 unspecified atom stereocenters. The minimum atomic E-state index is 0.149. The number of thiazole rings is 1. The molecule has 0 saturated carbocycles. The summed E-state index contributed by atoms with van der Waals surface area (Å²) in [6.07, 6.45) is 3.54. The van der Waals surface area contributed by atoms with Crippen LogP contribution in [0.2, 0.25) is 0 Å². The molecule has 1 aromatic rings. The standard InChI is InChI=1S/C16H30N2S/c1-7-10-17-11-13-15(16(4,5)6)18-14(19-13)9-8-12(2)3/h12,17H,7-11H2,1-6H3. The SMILES string of the molecule is CCCNCc1sc(CCC(C)C)nc1C(C)(C)C. The number of aromatic nitrogens is 1. The van der Waals surface area contributed by atoms with Gasteiger partial charge in [0.1, 0.15) is 0 Å². The van der Waals surface area contributed by atoms with Crippen molar-refractivity contribution in [2.24, 2.45) is 5.92 Å². The maximum Gasteiger partial charge on any atom is 0.0931 e. The van der Waals surface area contributed by atoms with Gasteiger partial charge in [-0.25, -0.2) is 4.98 Å². The van der Waals surface area contributed by atoms with E-state index in [9.17, 15) is 0 Å². The Morgan fingerprint density at radius 2 is 1.95 bits per heavy atom. The summed E-state index contributed by atoms with van der Waals surface area (Å²) in [6.45, 7) is 15.6. The van der Waals surface area contributed by atoms with Gasteiger partial charge in [-0.1, -0.05) is 41.5 Å². The minimum Gasteiger partial charge on any atom is -0.312 e. The molecule has 0 amide bonds. The van der Waals surface area contributed by atoms with Crippen molar-refractivity contribution in [1.82, 2.24) is 10.3 Å². The van der Waals surface area contributed by atoms with Crippen LogP contribution in [0.4, 0.5) is 0 Å². The number of hydrogen-bond donors (Lipinski definition) is 1. The van der Waals surface area contributed by atoms with Gasteiger partial charge in [-0.15, -0.1) is 11.3 Å². The Bertz CT molecular complexity index is 375. The number of aryl methyl sites for hydroxylation is 1. The molecular formula is C16H30N2S. The van der Waals surface area contributed by atoms with Crippen LogP contribution in [-0.4, -0.2) is 11.5 Å². The Hall–Kier alpha value is -0.410. The Morgan fingerprint density at radius 3 is 2.47 bits per heavy atom. The molecule has 1 aromatic heterocycles. The van der Waals surface area contributed by atoms with Gasteiger partial charge in [0, 0.05) is 16.8 Å². The molecule has 3 heteroatoms. The zero-order chi connectivity index (χ0) is 14.5. The summed E-state index contributed by atoms with van der Waals surface area (Å²) in [7, 11) is 0. The fourth-order valence-electron chi connectivity index (χ4n) is 2.00. The van der Waals surface area contributed by atoms with Crippen LogP contribution in [0.3, 0.4) is 0 Å². The van der Waals surface area contributed by atoms with Crippen LogP contribution in [0.5, 0.6) is 0 Å². The molecule has 0 aliphatic carbocycles. The highest BCUT2D eigenvalue weighted by Gasteiger charge is 2.22. The lowest BCUT2D eigenvalue weighted by Gasteiger charge is -2.17. The molecule has 1 N–H and O–H groups in total. The first-order chi connectivity index (χ1) is 8.84. The summed E-state index contributed by atoms with van der Waals surface area (Å²) in [6, 6.07) is 0. The van der Waals surface area contributed by atoms with Crippen LogP contribution in [0, 0.1) is 5.92 Å². The molecule has 19 heavy (non-hydrogen) atoms. The molecule has 110 valence electrons. The van der Waals surface area contributed by atoms with E-state index >= 15 is 0 Å². The van der Waals surface area contributed by atoms with E-state index in [0.717, 1.165) is 25.4 Å². The molecule has 0 aromatic carbocycles. The van der Waals surface area contributed by atoms with Crippen LogP contribution in [0.15, 0.2) is 0 Å². The summed E-state index contributed by atoms with van der Waals surface area (Å²) in [5.41, 5.74) is 1.44. The van der Waals surface area contributed by atoms with Gasteiger partial charge in [0.2, 0.25) is 0 Å². The maximum absolute atomic E-state index is 4.91. The van der Waals surface area contributed by atoms with Gasteiger partial charge in [0.05, 0.1) is 10.7 Å². The fraction of sp³-hybridized carbons (Fsp3) is 0.812. The Morgan fingerprint density at radius 1 is 1.26 bits per heavy atom. The summed E-state index contributed by atoms with van der Waals surface area (Å²) in [5.74, 6) is 0.753. The van der Waals surface area contributed by atoms with Crippen molar-refractivity contribution < 1.29 is 0 Å². The second-order valence-corrected chi connectivity index (χ2v) is 7.91. The Kier molecular flexibility index (Phi) is 6.48. The molecule has 0 saturated heterocycles. The van der Waals surface area contributed by atoms with Gasteiger partial charge in [0.15, 0.2) is 0 Å².